The summed E-state index contributed by atoms with van der Waals surface area (Å²) in [5.74, 6) is -0.0260. The third-order valence-electron chi connectivity index (χ3n) is 3.19. The number of carbonyl (C=O) groups excluding carboxylic acids is 1. The highest BCUT2D eigenvalue weighted by Crippen LogP contribution is 2.18. The Bertz CT molecular complexity index is 394. The van der Waals surface area contributed by atoms with Crippen molar-refractivity contribution in [1.82, 2.24) is 15.1 Å². The standard InChI is InChI=1S/C12H18IN3O/c1-16-8-10(13)11(15-16)12(17)14-9-6-4-2-3-5-7-9/h8-9H,2-7H2,1H3,(H,14,17). The van der Waals surface area contributed by atoms with Crippen molar-refractivity contribution in [3.63, 3.8) is 0 Å². The Hall–Kier alpha value is -0.590. The summed E-state index contributed by atoms with van der Waals surface area (Å²) < 4.78 is 2.60. The van der Waals surface area contributed by atoms with Gasteiger partial charge in [0.25, 0.3) is 5.91 Å². The largest absolute Gasteiger partial charge is 0.348 e. The Kier molecular flexibility index (Phi) is 4.42. The molecule has 0 unspecified atom stereocenters. The summed E-state index contributed by atoms with van der Waals surface area (Å²) in [5, 5.41) is 7.31. The number of aryl methyl sites for hydroxylation is 1. The van der Waals surface area contributed by atoms with Gasteiger partial charge in [0, 0.05) is 19.3 Å². The Morgan fingerprint density at radius 1 is 1.41 bits per heavy atom. The van der Waals surface area contributed by atoms with E-state index in [1.54, 1.807) is 4.68 Å². The fraction of sp³-hybridized carbons (Fsp3) is 0.667. The maximum absolute atomic E-state index is 12.1. The predicted molar refractivity (Wildman–Crippen MR) is 74.9 cm³/mol. The second-order valence-electron chi connectivity index (χ2n) is 4.66. The van der Waals surface area contributed by atoms with Crippen LogP contribution in [0.15, 0.2) is 6.20 Å². The van der Waals surface area contributed by atoms with Crippen LogP contribution in [0.1, 0.15) is 49.0 Å². The number of hydrogen-bond donors (Lipinski definition) is 1. The molecule has 1 aliphatic rings. The molecule has 1 saturated carbocycles. The van der Waals surface area contributed by atoms with Crippen molar-refractivity contribution in [3.05, 3.63) is 15.5 Å². The molecule has 0 saturated heterocycles. The molecule has 1 aliphatic carbocycles. The van der Waals surface area contributed by atoms with Crippen molar-refractivity contribution in [2.45, 2.75) is 44.6 Å². The fourth-order valence-corrected chi connectivity index (χ4v) is 3.05. The lowest BCUT2D eigenvalue weighted by atomic mass is 10.1. The highest BCUT2D eigenvalue weighted by atomic mass is 127. The van der Waals surface area contributed by atoms with E-state index in [1.165, 1.54) is 25.7 Å². The van der Waals surface area contributed by atoms with E-state index >= 15 is 0 Å². The number of amides is 1. The number of nitrogens with zero attached hydrogens (tertiary/aromatic N) is 2. The zero-order chi connectivity index (χ0) is 12.3. The lowest BCUT2D eigenvalue weighted by molar-refractivity contribution is 0.0926. The van der Waals surface area contributed by atoms with E-state index in [4.69, 9.17) is 0 Å². The molecule has 1 amide bonds. The number of carbonyl (C=O) groups is 1. The highest BCUT2D eigenvalue weighted by molar-refractivity contribution is 14.1. The molecule has 0 spiro atoms. The van der Waals surface area contributed by atoms with Crippen LogP contribution in [0.25, 0.3) is 0 Å². The molecule has 0 aromatic carbocycles. The maximum Gasteiger partial charge on any atom is 0.273 e. The lowest BCUT2D eigenvalue weighted by Crippen LogP contribution is -2.35. The lowest BCUT2D eigenvalue weighted by Gasteiger charge is -2.15. The van der Waals surface area contributed by atoms with Gasteiger partial charge in [-0.2, -0.15) is 5.10 Å². The number of aromatic nitrogens is 2. The van der Waals surface area contributed by atoms with E-state index in [9.17, 15) is 4.79 Å². The summed E-state index contributed by atoms with van der Waals surface area (Å²) in [7, 11) is 1.84. The second-order valence-corrected chi connectivity index (χ2v) is 5.82. The topological polar surface area (TPSA) is 46.9 Å². The van der Waals surface area contributed by atoms with E-state index in [0.717, 1.165) is 16.4 Å². The van der Waals surface area contributed by atoms with Crippen LogP contribution in [0.5, 0.6) is 0 Å². The van der Waals surface area contributed by atoms with Crippen LogP contribution in [0.2, 0.25) is 0 Å². The summed E-state index contributed by atoms with van der Waals surface area (Å²) in [5.41, 5.74) is 0.553. The SMILES string of the molecule is Cn1cc(I)c(C(=O)NC2CCCCCC2)n1. The number of nitrogens with one attached hydrogen (secondary N) is 1. The summed E-state index contributed by atoms with van der Waals surface area (Å²) in [6.45, 7) is 0. The summed E-state index contributed by atoms with van der Waals surface area (Å²) in [4.78, 5) is 12.1. The fourth-order valence-electron chi connectivity index (χ4n) is 2.29. The average Bonchev–Trinajstić information content (AvgIpc) is 2.51. The molecule has 0 bridgehead atoms. The average molecular weight is 347 g/mol. The maximum atomic E-state index is 12.1. The molecular weight excluding hydrogens is 329 g/mol. The third kappa shape index (κ3) is 3.43. The minimum Gasteiger partial charge on any atom is -0.348 e. The quantitative estimate of drug-likeness (QED) is 0.660. The molecule has 1 aromatic rings. The van der Waals surface area contributed by atoms with Crippen molar-refractivity contribution in [2.75, 3.05) is 0 Å². The van der Waals surface area contributed by atoms with Crippen molar-refractivity contribution in [1.29, 1.82) is 0 Å². The van der Waals surface area contributed by atoms with E-state index in [2.05, 4.69) is 33.0 Å². The van der Waals surface area contributed by atoms with Gasteiger partial charge < -0.3 is 5.32 Å². The molecular formula is C12H18IN3O. The molecule has 4 nitrogen and oxygen atoms in total. The molecule has 0 aliphatic heterocycles. The van der Waals surface area contributed by atoms with Gasteiger partial charge in [-0.3, -0.25) is 9.48 Å². The first kappa shape index (κ1) is 12.9. The van der Waals surface area contributed by atoms with Crippen molar-refractivity contribution >= 4 is 28.5 Å². The zero-order valence-corrected chi connectivity index (χ0v) is 12.2. The van der Waals surface area contributed by atoms with Gasteiger partial charge in [0.2, 0.25) is 0 Å². The Morgan fingerprint density at radius 3 is 2.59 bits per heavy atom. The van der Waals surface area contributed by atoms with Crippen molar-refractivity contribution in [2.24, 2.45) is 7.05 Å². The van der Waals surface area contributed by atoms with Gasteiger partial charge in [-0.15, -0.1) is 0 Å². The van der Waals surface area contributed by atoms with E-state index < -0.39 is 0 Å². The normalized spacial score (nSPS) is 17.8. The van der Waals surface area contributed by atoms with Crippen LogP contribution in [0, 0.1) is 3.57 Å². The molecule has 0 radical (unpaired) electrons. The van der Waals surface area contributed by atoms with Crippen LogP contribution < -0.4 is 5.32 Å². The van der Waals surface area contributed by atoms with Crippen molar-refractivity contribution in [3.8, 4) is 0 Å². The summed E-state index contributed by atoms with van der Waals surface area (Å²) in [6, 6.07) is 0.336. The Labute approximate surface area is 115 Å². The molecule has 1 N–H and O–H groups in total. The zero-order valence-electron chi connectivity index (χ0n) is 10.1. The molecule has 1 heterocycles. The van der Waals surface area contributed by atoms with Gasteiger partial charge in [-0.25, -0.2) is 0 Å². The van der Waals surface area contributed by atoms with E-state index in [0.29, 0.717) is 11.7 Å². The van der Waals surface area contributed by atoms with Crippen molar-refractivity contribution < 1.29 is 4.79 Å². The predicted octanol–water partition coefficient (Wildman–Crippen LogP) is 2.48. The molecule has 5 heteroatoms. The minimum atomic E-state index is -0.0260. The van der Waals surface area contributed by atoms with Crippen LogP contribution in [0.3, 0.4) is 0 Å². The number of hydrogen-bond acceptors (Lipinski definition) is 2. The minimum absolute atomic E-state index is 0.0260. The van der Waals surface area contributed by atoms with Crippen LogP contribution >= 0.6 is 22.6 Å². The van der Waals surface area contributed by atoms with E-state index in [-0.39, 0.29) is 5.91 Å². The van der Waals surface area contributed by atoms with E-state index in [1.807, 2.05) is 13.2 Å². The summed E-state index contributed by atoms with van der Waals surface area (Å²) in [6.07, 6.45) is 9.13. The second kappa shape index (κ2) is 5.84. The summed E-state index contributed by atoms with van der Waals surface area (Å²) >= 11 is 2.15. The van der Waals surface area contributed by atoms with Crippen LogP contribution in [-0.4, -0.2) is 21.7 Å². The monoisotopic (exact) mass is 347 g/mol. The smallest absolute Gasteiger partial charge is 0.273 e. The number of halogens is 1. The van der Waals surface area contributed by atoms with Gasteiger partial charge in [-0.1, -0.05) is 25.7 Å². The molecule has 17 heavy (non-hydrogen) atoms. The molecule has 2 rings (SSSR count). The van der Waals surface area contributed by atoms with Gasteiger partial charge >= 0.3 is 0 Å². The molecule has 94 valence electrons. The van der Waals surface area contributed by atoms with Crippen LogP contribution in [0.4, 0.5) is 0 Å². The number of rotatable bonds is 2. The first-order valence-corrected chi connectivity index (χ1v) is 7.24. The van der Waals surface area contributed by atoms with Gasteiger partial charge in [0.15, 0.2) is 5.69 Å². The van der Waals surface area contributed by atoms with Gasteiger partial charge in [0.05, 0.1) is 3.57 Å². The Balaban J connectivity index is 1.98. The molecule has 0 atom stereocenters. The van der Waals surface area contributed by atoms with Gasteiger partial charge in [0.1, 0.15) is 0 Å². The third-order valence-corrected chi connectivity index (χ3v) is 3.98. The molecule has 1 aromatic heterocycles. The highest BCUT2D eigenvalue weighted by Gasteiger charge is 2.19. The Morgan fingerprint density at radius 2 is 2.06 bits per heavy atom. The molecule has 1 fully saturated rings. The van der Waals surface area contributed by atoms with Gasteiger partial charge in [-0.05, 0) is 35.4 Å². The van der Waals surface area contributed by atoms with Crippen LogP contribution in [-0.2, 0) is 7.05 Å². The first-order chi connectivity index (χ1) is 8.16. The first-order valence-electron chi connectivity index (χ1n) is 6.17.